The van der Waals surface area contributed by atoms with Crippen LogP contribution in [0.15, 0.2) is 54.7 Å². The number of hydrogen-bond acceptors (Lipinski definition) is 3. The van der Waals surface area contributed by atoms with Crippen molar-refractivity contribution in [1.82, 2.24) is 9.78 Å². The van der Waals surface area contributed by atoms with Gasteiger partial charge in [-0.25, -0.2) is 9.07 Å². The van der Waals surface area contributed by atoms with Crippen molar-refractivity contribution in [3.05, 3.63) is 71.3 Å². The fourth-order valence-electron chi connectivity index (χ4n) is 2.00. The number of nitrogens with zero attached hydrogens (tertiary/aromatic N) is 2. The summed E-state index contributed by atoms with van der Waals surface area (Å²) < 4.78 is 14.5. The van der Waals surface area contributed by atoms with Gasteiger partial charge >= 0.3 is 0 Å². The van der Waals surface area contributed by atoms with Crippen LogP contribution >= 0.6 is 11.6 Å². The Balaban J connectivity index is 1.85. The molecule has 0 spiro atoms. The molecule has 7 heteroatoms. The van der Waals surface area contributed by atoms with E-state index in [1.54, 1.807) is 12.1 Å². The van der Waals surface area contributed by atoms with E-state index in [-0.39, 0.29) is 16.5 Å². The van der Waals surface area contributed by atoms with Crippen LogP contribution in [0.3, 0.4) is 0 Å². The van der Waals surface area contributed by atoms with Crippen LogP contribution in [-0.4, -0.2) is 20.8 Å². The number of amides is 1. The molecule has 2 aromatic carbocycles. The summed E-state index contributed by atoms with van der Waals surface area (Å²) in [6.45, 7) is 0. The lowest BCUT2D eigenvalue weighted by atomic mass is 10.3. The summed E-state index contributed by atoms with van der Waals surface area (Å²) in [5, 5.41) is 16.4. The number of benzene rings is 2. The zero-order valence-corrected chi connectivity index (χ0v) is 12.5. The molecule has 0 aliphatic carbocycles. The second-order valence-electron chi connectivity index (χ2n) is 4.73. The Morgan fingerprint density at radius 2 is 1.96 bits per heavy atom. The van der Waals surface area contributed by atoms with E-state index in [2.05, 4.69) is 10.4 Å². The van der Waals surface area contributed by atoms with Crippen LogP contribution in [0.5, 0.6) is 5.75 Å². The molecule has 0 aliphatic rings. The molecule has 1 amide bonds. The van der Waals surface area contributed by atoms with Gasteiger partial charge in [-0.15, -0.1) is 0 Å². The summed E-state index contributed by atoms with van der Waals surface area (Å²) in [4.78, 5) is 12.2. The zero-order valence-electron chi connectivity index (χ0n) is 11.7. The summed E-state index contributed by atoms with van der Waals surface area (Å²) in [6.07, 6.45) is 1.34. The van der Waals surface area contributed by atoms with E-state index in [1.165, 1.54) is 23.0 Å². The second-order valence-corrected chi connectivity index (χ2v) is 5.13. The van der Waals surface area contributed by atoms with Gasteiger partial charge in [-0.05, 0) is 30.3 Å². The minimum absolute atomic E-state index is 0.109. The Labute approximate surface area is 135 Å². The number of rotatable bonds is 3. The quantitative estimate of drug-likeness (QED) is 0.770. The van der Waals surface area contributed by atoms with Gasteiger partial charge in [0, 0.05) is 5.69 Å². The van der Waals surface area contributed by atoms with Crippen LogP contribution < -0.4 is 5.32 Å². The molecular formula is C16H11ClFN3O2. The molecule has 2 N–H and O–H groups in total. The van der Waals surface area contributed by atoms with Crippen LogP contribution in [0.2, 0.25) is 5.02 Å². The standard InChI is InChI=1S/C16H11ClFN3O2/c17-12-8-10(6-7-13(12)18)19-16(23)15-14(22)9-21(20-15)11-4-2-1-3-5-11/h1-9,22H,(H,19,23). The first-order valence-electron chi connectivity index (χ1n) is 6.65. The number of aromatic nitrogens is 2. The number of anilines is 1. The minimum Gasteiger partial charge on any atom is -0.504 e. The molecule has 0 fully saturated rings. The Hall–Kier alpha value is -2.86. The summed E-state index contributed by atoms with van der Waals surface area (Å²) in [5.41, 5.74) is 0.857. The molecule has 0 atom stereocenters. The second kappa shape index (κ2) is 6.10. The molecule has 0 unspecified atom stereocenters. The van der Waals surface area contributed by atoms with Gasteiger partial charge in [0.15, 0.2) is 11.4 Å². The molecule has 1 aromatic heterocycles. The highest BCUT2D eigenvalue weighted by molar-refractivity contribution is 6.31. The average Bonchev–Trinajstić information content (AvgIpc) is 2.94. The number of aromatic hydroxyl groups is 1. The van der Waals surface area contributed by atoms with E-state index < -0.39 is 11.7 Å². The van der Waals surface area contributed by atoms with Gasteiger partial charge in [-0.3, -0.25) is 4.79 Å². The maximum Gasteiger partial charge on any atom is 0.280 e. The third-order valence-electron chi connectivity index (χ3n) is 3.11. The Bertz CT molecular complexity index is 865. The molecule has 116 valence electrons. The van der Waals surface area contributed by atoms with Gasteiger partial charge in [0.1, 0.15) is 5.82 Å². The zero-order chi connectivity index (χ0) is 16.4. The third-order valence-corrected chi connectivity index (χ3v) is 3.40. The van der Waals surface area contributed by atoms with Gasteiger partial charge in [0.25, 0.3) is 5.91 Å². The molecule has 0 aliphatic heterocycles. The van der Waals surface area contributed by atoms with Crippen molar-refractivity contribution in [1.29, 1.82) is 0 Å². The number of nitrogens with one attached hydrogen (secondary N) is 1. The Kier molecular flexibility index (Phi) is 3.99. The summed E-state index contributed by atoms with van der Waals surface area (Å²) in [6, 6.07) is 12.8. The molecule has 0 radical (unpaired) electrons. The van der Waals surface area contributed by atoms with Crippen LogP contribution in [-0.2, 0) is 0 Å². The van der Waals surface area contributed by atoms with Gasteiger partial charge in [0.05, 0.1) is 16.9 Å². The van der Waals surface area contributed by atoms with Crippen LogP contribution in [0.25, 0.3) is 5.69 Å². The fourth-order valence-corrected chi connectivity index (χ4v) is 2.18. The van der Waals surface area contributed by atoms with Gasteiger partial charge in [-0.1, -0.05) is 29.8 Å². The van der Waals surface area contributed by atoms with E-state index in [1.807, 2.05) is 18.2 Å². The van der Waals surface area contributed by atoms with Crippen molar-refractivity contribution in [3.63, 3.8) is 0 Å². The lowest BCUT2D eigenvalue weighted by Gasteiger charge is -2.04. The van der Waals surface area contributed by atoms with Crippen molar-refractivity contribution in [2.45, 2.75) is 0 Å². The highest BCUT2D eigenvalue weighted by Gasteiger charge is 2.17. The van der Waals surface area contributed by atoms with E-state index in [4.69, 9.17) is 11.6 Å². The fraction of sp³-hybridized carbons (Fsp3) is 0. The van der Waals surface area contributed by atoms with Crippen molar-refractivity contribution in [2.75, 3.05) is 5.32 Å². The summed E-state index contributed by atoms with van der Waals surface area (Å²) in [7, 11) is 0. The SMILES string of the molecule is O=C(Nc1ccc(F)c(Cl)c1)c1nn(-c2ccccc2)cc1O. The van der Waals surface area contributed by atoms with Gasteiger partial charge in [-0.2, -0.15) is 5.10 Å². The monoisotopic (exact) mass is 331 g/mol. The van der Waals surface area contributed by atoms with Crippen LogP contribution in [0.1, 0.15) is 10.5 Å². The molecular weight excluding hydrogens is 321 g/mol. The molecule has 23 heavy (non-hydrogen) atoms. The first kappa shape index (κ1) is 15.1. The van der Waals surface area contributed by atoms with Gasteiger partial charge in [0.2, 0.25) is 0 Å². The molecule has 3 aromatic rings. The smallest absolute Gasteiger partial charge is 0.280 e. The predicted molar refractivity (Wildman–Crippen MR) is 84.6 cm³/mol. The van der Waals surface area contributed by atoms with E-state index >= 15 is 0 Å². The Morgan fingerprint density at radius 1 is 1.22 bits per heavy atom. The van der Waals surface area contributed by atoms with Crippen molar-refractivity contribution in [3.8, 4) is 11.4 Å². The van der Waals surface area contributed by atoms with Crippen LogP contribution in [0, 0.1) is 5.82 Å². The number of carbonyl (C=O) groups is 1. The van der Waals surface area contributed by atoms with Crippen LogP contribution in [0.4, 0.5) is 10.1 Å². The van der Waals surface area contributed by atoms with E-state index in [0.29, 0.717) is 11.4 Å². The largest absolute Gasteiger partial charge is 0.504 e. The highest BCUT2D eigenvalue weighted by atomic mass is 35.5. The molecule has 1 heterocycles. The first-order chi connectivity index (χ1) is 11.0. The third kappa shape index (κ3) is 3.17. The average molecular weight is 332 g/mol. The molecule has 3 rings (SSSR count). The maximum absolute atomic E-state index is 13.1. The predicted octanol–water partition coefficient (Wildman–Crippen LogP) is 3.62. The first-order valence-corrected chi connectivity index (χ1v) is 7.03. The van der Waals surface area contributed by atoms with E-state index in [0.717, 1.165) is 6.07 Å². The van der Waals surface area contributed by atoms with Gasteiger partial charge < -0.3 is 10.4 Å². The molecule has 0 saturated carbocycles. The number of halogens is 2. The summed E-state index contributed by atoms with van der Waals surface area (Å²) in [5.74, 6) is -1.47. The van der Waals surface area contributed by atoms with Crippen molar-refractivity contribution < 1.29 is 14.3 Å². The lowest BCUT2D eigenvalue weighted by molar-refractivity contribution is 0.101. The molecule has 0 saturated heterocycles. The van der Waals surface area contributed by atoms with E-state index in [9.17, 15) is 14.3 Å². The lowest BCUT2D eigenvalue weighted by Crippen LogP contribution is -2.13. The number of hydrogen-bond donors (Lipinski definition) is 2. The highest BCUT2D eigenvalue weighted by Crippen LogP contribution is 2.22. The minimum atomic E-state index is -0.625. The Morgan fingerprint density at radius 3 is 2.65 bits per heavy atom. The number of para-hydroxylation sites is 1. The molecule has 0 bridgehead atoms. The van der Waals surface area contributed by atoms with Crippen molar-refractivity contribution in [2.24, 2.45) is 0 Å². The normalized spacial score (nSPS) is 10.5. The topological polar surface area (TPSA) is 67.2 Å². The maximum atomic E-state index is 13.1. The molecule has 5 nitrogen and oxygen atoms in total. The van der Waals surface area contributed by atoms with Crippen molar-refractivity contribution >= 4 is 23.2 Å². The summed E-state index contributed by atoms with van der Waals surface area (Å²) >= 11 is 5.66. The number of carbonyl (C=O) groups excluding carboxylic acids is 1.